The molecule has 0 radical (unpaired) electrons. The molecule has 2 atom stereocenters. The molecule has 1 aromatic rings. The first-order valence-electron chi connectivity index (χ1n) is 7.99. The molecule has 1 aromatic carbocycles. The molecule has 116 valence electrons. The molecule has 2 aliphatic carbocycles. The van der Waals surface area contributed by atoms with Crippen LogP contribution in [0.5, 0.6) is 0 Å². The van der Waals surface area contributed by atoms with Crippen LogP contribution in [-0.2, 0) is 0 Å². The molecule has 4 heteroatoms. The van der Waals surface area contributed by atoms with Crippen molar-refractivity contribution in [1.29, 1.82) is 0 Å². The van der Waals surface area contributed by atoms with Crippen molar-refractivity contribution in [2.75, 3.05) is 6.54 Å². The van der Waals surface area contributed by atoms with Crippen LogP contribution in [-0.4, -0.2) is 24.6 Å². The molecule has 2 fully saturated rings. The molecular weight excluding hydrogens is 373 g/mol. The molecule has 0 aliphatic heterocycles. The van der Waals surface area contributed by atoms with Gasteiger partial charge < -0.3 is 10.6 Å². The van der Waals surface area contributed by atoms with Gasteiger partial charge in [0.15, 0.2) is 5.96 Å². The molecule has 0 amide bonds. The van der Waals surface area contributed by atoms with Crippen molar-refractivity contribution in [3.8, 4) is 0 Å². The average Bonchev–Trinajstić information content (AvgIpc) is 3.04. The highest BCUT2D eigenvalue weighted by atomic mass is 127. The number of hydrogen-bond donors (Lipinski definition) is 2. The van der Waals surface area contributed by atoms with Gasteiger partial charge in [0.05, 0.1) is 0 Å². The summed E-state index contributed by atoms with van der Waals surface area (Å²) in [7, 11) is 0. The van der Waals surface area contributed by atoms with E-state index in [9.17, 15) is 0 Å². The second-order valence-electron chi connectivity index (χ2n) is 5.95. The van der Waals surface area contributed by atoms with E-state index in [0.717, 1.165) is 12.5 Å². The quantitative estimate of drug-likeness (QED) is 0.461. The smallest absolute Gasteiger partial charge is 0.191 e. The first-order chi connectivity index (χ1) is 9.86. The van der Waals surface area contributed by atoms with Crippen molar-refractivity contribution >= 4 is 29.9 Å². The largest absolute Gasteiger partial charge is 0.354 e. The fourth-order valence-electron chi connectivity index (χ4n) is 3.15. The van der Waals surface area contributed by atoms with Crippen molar-refractivity contribution in [3.63, 3.8) is 0 Å². The second kappa shape index (κ2) is 8.01. The van der Waals surface area contributed by atoms with E-state index < -0.39 is 0 Å². The number of halogens is 1. The zero-order valence-corrected chi connectivity index (χ0v) is 15.0. The Bertz CT molecular complexity index is 454. The van der Waals surface area contributed by atoms with Crippen LogP contribution >= 0.6 is 24.0 Å². The van der Waals surface area contributed by atoms with Crippen molar-refractivity contribution in [2.24, 2.45) is 4.99 Å². The predicted molar refractivity (Wildman–Crippen MR) is 99.5 cm³/mol. The molecule has 0 spiro atoms. The molecule has 3 rings (SSSR count). The van der Waals surface area contributed by atoms with Crippen LogP contribution in [0, 0.1) is 0 Å². The first-order valence-corrected chi connectivity index (χ1v) is 7.99. The number of nitrogens with zero attached hydrogens (tertiary/aromatic N) is 1. The summed E-state index contributed by atoms with van der Waals surface area (Å²) in [4.78, 5) is 4.59. The molecule has 3 nitrogen and oxygen atoms in total. The van der Waals surface area contributed by atoms with Gasteiger partial charge in [-0.3, -0.25) is 4.99 Å². The normalized spacial score (nSPS) is 25.3. The van der Waals surface area contributed by atoms with E-state index in [0.29, 0.717) is 18.0 Å². The second-order valence-corrected chi connectivity index (χ2v) is 5.95. The minimum Gasteiger partial charge on any atom is -0.354 e. The van der Waals surface area contributed by atoms with E-state index in [-0.39, 0.29) is 24.0 Å². The summed E-state index contributed by atoms with van der Waals surface area (Å²) in [6.45, 7) is 2.93. The molecule has 2 unspecified atom stereocenters. The summed E-state index contributed by atoms with van der Waals surface area (Å²) in [5, 5.41) is 7.21. The Morgan fingerprint density at radius 1 is 1.14 bits per heavy atom. The number of nitrogens with one attached hydrogen (secondary N) is 2. The SMILES string of the molecule is CCN=C(NC1CCCC1)NC1CC1c1ccccc1.I. The lowest BCUT2D eigenvalue weighted by Gasteiger charge is -2.17. The molecule has 0 saturated heterocycles. The summed E-state index contributed by atoms with van der Waals surface area (Å²) in [5.74, 6) is 1.67. The monoisotopic (exact) mass is 399 g/mol. The van der Waals surface area contributed by atoms with Gasteiger partial charge in [-0.05, 0) is 31.7 Å². The molecule has 21 heavy (non-hydrogen) atoms. The summed E-state index contributed by atoms with van der Waals surface area (Å²) >= 11 is 0. The van der Waals surface area contributed by atoms with Crippen LogP contribution in [0.15, 0.2) is 35.3 Å². The molecule has 0 bridgehead atoms. The Kier molecular flexibility index (Phi) is 6.33. The van der Waals surface area contributed by atoms with E-state index in [4.69, 9.17) is 0 Å². The summed E-state index contributed by atoms with van der Waals surface area (Å²) in [5.41, 5.74) is 1.45. The maximum atomic E-state index is 4.59. The van der Waals surface area contributed by atoms with Gasteiger partial charge in [0.2, 0.25) is 0 Å². The zero-order chi connectivity index (χ0) is 13.8. The number of benzene rings is 1. The van der Waals surface area contributed by atoms with E-state index >= 15 is 0 Å². The highest BCUT2D eigenvalue weighted by Crippen LogP contribution is 2.40. The standard InChI is InChI=1S/C17H25N3.HI/c1-2-18-17(19-14-10-6-7-11-14)20-16-12-15(16)13-8-4-3-5-9-13;/h3-5,8-9,14-16H,2,6-7,10-12H2,1H3,(H2,18,19,20);1H. The van der Waals surface area contributed by atoms with Gasteiger partial charge in [-0.2, -0.15) is 0 Å². The maximum absolute atomic E-state index is 4.59. The van der Waals surface area contributed by atoms with Crippen LogP contribution < -0.4 is 10.6 Å². The fourth-order valence-corrected chi connectivity index (χ4v) is 3.15. The van der Waals surface area contributed by atoms with E-state index in [2.05, 4.69) is 52.9 Å². The Morgan fingerprint density at radius 2 is 1.86 bits per heavy atom. The van der Waals surface area contributed by atoms with Crippen LogP contribution in [0.4, 0.5) is 0 Å². The minimum atomic E-state index is 0. The predicted octanol–water partition coefficient (Wildman–Crippen LogP) is 3.66. The Morgan fingerprint density at radius 3 is 2.52 bits per heavy atom. The molecule has 0 aromatic heterocycles. The van der Waals surface area contributed by atoms with Gasteiger partial charge in [-0.1, -0.05) is 43.2 Å². The minimum absolute atomic E-state index is 0. The van der Waals surface area contributed by atoms with Gasteiger partial charge in [0, 0.05) is 24.5 Å². The van der Waals surface area contributed by atoms with Gasteiger partial charge in [0.1, 0.15) is 0 Å². The van der Waals surface area contributed by atoms with Crippen molar-refractivity contribution in [2.45, 2.75) is 57.0 Å². The van der Waals surface area contributed by atoms with Crippen LogP contribution in [0.1, 0.15) is 50.5 Å². The number of hydrogen-bond acceptors (Lipinski definition) is 1. The Hall–Kier alpha value is -0.780. The maximum Gasteiger partial charge on any atom is 0.191 e. The van der Waals surface area contributed by atoms with Gasteiger partial charge in [-0.25, -0.2) is 0 Å². The van der Waals surface area contributed by atoms with Crippen molar-refractivity contribution in [3.05, 3.63) is 35.9 Å². The lowest BCUT2D eigenvalue weighted by molar-refractivity contribution is 0.610. The topological polar surface area (TPSA) is 36.4 Å². The lowest BCUT2D eigenvalue weighted by Crippen LogP contribution is -2.43. The molecule has 2 aliphatic rings. The molecule has 0 heterocycles. The highest BCUT2D eigenvalue weighted by molar-refractivity contribution is 14.0. The van der Waals surface area contributed by atoms with Crippen LogP contribution in [0.3, 0.4) is 0 Å². The third kappa shape index (κ3) is 4.59. The fraction of sp³-hybridized carbons (Fsp3) is 0.588. The van der Waals surface area contributed by atoms with Gasteiger partial charge in [0.25, 0.3) is 0 Å². The average molecular weight is 399 g/mol. The third-order valence-corrected chi connectivity index (χ3v) is 4.35. The van der Waals surface area contributed by atoms with Gasteiger partial charge in [-0.15, -0.1) is 24.0 Å². The summed E-state index contributed by atoms with van der Waals surface area (Å²) in [6, 6.07) is 12.0. The lowest BCUT2D eigenvalue weighted by atomic mass is 10.1. The summed E-state index contributed by atoms with van der Waals surface area (Å²) in [6.07, 6.45) is 6.51. The number of aliphatic imine (C=N–C) groups is 1. The zero-order valence-electron chi connectivity index (χ0n) is 12.7. The van der Waals surface area contributed by atoms with Gasteiger partial charge >= 0.3 is 0 Å². The van der Waals surface area contributed by atoms with E-state index in [1.165, 1.54) is 37.7 Å². The Labute approximate surface area is 145 Å². The van der Waals surface area contributed by atoms with Crippen molar-refractivity contribution < 1.29 is 0 Å². The third-order valence-electron chi connectivity index (χ3n) is 4.35. The van der Waals surface area contributed by atoms with Crippen LogP contribution in [0.2, 0.25) is 0 Å². The van der Waals surface area contributed by atoms with Crippen LogP contribution in [0.25, 0.3) is 0 Å². The molecular formula is C17H26IN3. The highest BCUT2D eigenvalue weighted by Gasteiger charge is 2.39. The molecule has 2 N–H and O–H groups in total. The van der Waals surface area contributed by atoms with E-state index in [1.807, 2.05) is 0 Å². The van der Waals surface area contributed by atoms with Crippen molar-refractivity contribution in [1.82, 2.24) is 10.6 Å². The Balaban J connectivity index is 0.00000161. The number of guanidine groups is 1. The first kappa shape index (κ1) is 16.6. The van der Waals surface area contributed by atoms with E-state index in [1.54, 1.807) is 0 Å². The summed E-state index contributed by atoms with van der Waals surface area (Å²) < 4.78 is 0. The molecule has 2 saturated carbocycles. The number of rotatable bonds is 4.